The standard InChI is InChI=1S/C9H12N2O2/c1-7-3-5-8(10-2)9(6-4-7)11(12)13/h3-5,10H,6H2,1-2H3. The third kappa shape index (κ3) is 2.18. The quantitative estimate of drug-likeness (QED) is 0.518. The van der Waals surface area contributed by atoms with Gasteiger partial charge in [0.15, 0.2) is 0 Å². The minimum absolute atomic E-state index is 0.218. The molecule has 0 saturated heterocycles. The van der Waals surface area contributed by atoms with Gasteiger partial charge in [-0.05, 0) is 13.0 Å². The van der Waals surface area contributed by atoms with Crippen molar-refractivity contribution < 1.29 is 4.92 Å². The number of hydrogen-bond donors (Lipinski definition) is 1. The van der Waals surface area contributed by atoms with Crippen LogP contribution >= 0.6 is 0 Å². The van der Waals surface area contributed by atoms with E-state index >= 15 is 0 Å². The summed E-state index contributed by atoms with van der Waals surface area (Å²) in [5.74, 6) is 0. The summed E-state index contributed by atoms with van der Waals surface area (Å²) in [6, 6.07) is 0. The summed E-state index contributed by atoms with van der Waals surface area (Å²) in [6.07, 6.45) is 5.82. The van der Waals surface area contributed by atoms with Gasteiger partial charge in [-0.2, -0.15) is 0 Å². The van der Waals surface area contributed by atoms with Crippen LogP contribution in [0.4, 0.5) is 0 Å². The van der Waals surface area contributed by atoms with Crippen molar-refractivity contribution in [2.45, 2.75) is 13.3 Å². The zero-order valence-corrected chi connectivity index (χ0v) is 7.70. The number of nitrogens with one attached hydrogen (secondary N) is 1. The Hall–Kier alpha value is -1.58. The molecule has 0 atom stereocenters. The highest BCUT2D eigenvalue weighted by Gasteiger charge is 2.15. The van der Waals surface area contributed by atoms with Crippen molar-refractivity contribution in [2.24, 2.45) is 0 Å². The molecule has 0 unspecified atom stereocenters. The molecule has 0 fully saturated rings. The fraction of sp³-hybridized carbons (Fsp3) is 0.333. The van der Waals surface area contributed by atoms with E-state index < -0.39 is 0 Å². The van der Waals surface area contributed by atoms with Crippen LogP contribution in [0.5, 0.6) is 0 Å². The number of nitro groups is 1. The highest BCUT2D eigenvalue weighted by atomic mass is 16.6. The van der Waals surface area contributed by atoms with Crippen LogP contribution in [0.15, 0.2) is 35.2 Å². The van der Waals surface area contributed by atoms with E-state index in [2.05, 4.69) is 5.32 Å². The molecule has 0 aromatic carbocycles. The lowest BCUT2D eigenvalue weighted by Gasteiger charge is -2.00. The maximum atomic E-state index is 10.6. The SMILES string of the molecule is CNC1=C([N+](=O)[O-])CC=C(C)C=C1. The Morgan fingerprint density at radius 1 is 1.54 bits per heavy atom. The van der Waals surface area contributed by atoms with E-state index in [9.17, 15) is 10.1 Å². The average molecular weight is 180 g/mol. The van der Waals surface area contributed by atoms with Gasteiger partial charge >= 0.3 is 0 Å². The zero-order valence-electron chi connectivity index (χ0n) is 7.70. The molecular weight excluding hydrogens is 168 g/mol. The number of likely N-dealkylation sites (N-methyl/N-ethyl adjacent to an activating group) is 1. The molecule has 0 spiro atoms. The van der Waals surface area contributed by atoms with Gasteiger partial charge in [-0.15, -0.1) is 0 Å². The number of allylic oxidation sites excluding steroid dienone is 4. The summed E-state index contributed by atoms with van der Waals surface area (Å²) >= 11 is 0. The maximum Gasteiger partial charge on any atom is 0.272 e. The molecule has 0 aromatic rings. The monoisotopic (exact) mass is 180 g/mol. The van der Waals surface area contributed by atoms with Crippen molar-refractivity contribution in [3.05, 3.63) is 45.3 Å². The van der Waals surface area contributed by atoms with Crippen molar-refractivity contribution >= 4 is 0 Å². The lowest BCUT2D eigenvalue weighted by molar-refractivity contribution is -0.427. The Morgan fingerprint density at radius 2 is 2.23 bits per heavy atom. The average Bonchev–Trinajstić information content (AvgIpc) is 2.26. The second-order valence-corrected chi connectivity index (χ2v) is 2.85. The lowest BCUT2D eigenvalue weighted by atomic mass is 10.2. The van der Waals surface area contributed by atoms with E-state index in [0.717, 1.165) is 5.57 Å². The van der Waals surface area contributed by atoms with Crippen molar-refractivity contribution in [1.29, 1.82) is 0 Å². The van der Waals surface area contributed by atoms with Crippen molar-refractivity contribution in [3.63, 3.8) is 0 Å². The van der Waals surface area contributed by atoms with Gasteiger partial charge in [0.2, 0.25) is 0 Å². The first-order valence-electron chi connectivity index (χ1n) is 4.05. The van der Waals surface area contributed by atoms with Crippen LogP contribution in [0, 0.1) is 10.1 Å². The van der Waals surface area contributed by atoms with E-state index in [1.165, 1.54) is 0 Å². The van der Waals surface area contributed by atoms with Gasteiger partial charge in [-0.1, -0.05) is 17.7 Å². The van der Waals surface area contributed by atoms with Crippen LogP contribution in [0.2, 0.25) is 0 Å². The van der Waals surface area contributed by atoms with Crippen LogP contribution in [0.25, 0.3) is 0 Å². The van der Waals surface area contributed by atoms with E-state index in [1.54, 1.807) is 13.1 Å². The molecule has 1 aliphatic rings. The smallest absolute Gasteiger partial charge is 0.272 e. The fourth-order valence-corrected chi connectivity index (χ4v) is 1.15. The molecule has 0 amide bonds. The molecule has 0 aliphatic heterocycles. The first-order valence-corrected chi connectivity index (χ1v) is 4.05. The summed E-state index contributed by atoms with van der Waals surface area (Å²) < 4.78 is 0. The second-order valence-electron chi connectivity index (χ2n) is 2.85. The van der Waals surface area contributed by atoms with Gasteiger partial charge in [-0.3, -0.25) is 10.1 Å². The largest absolute Gasteiger partial charge is 0.383 e. The Kier molecular flexibility index (Phi) is 2.84. The normalized spacial score (nSPS) is 16.6. The van der Waals surface area contributed by atoms with E-state index in [1.807, 2.05) is 19.1 Å². The van der Waals surface area contributed by atoms with Crippen molar-refractivity contribution in [1.82, 2.24) is 5.32 Å². The summed E-state index contributed by atoms with van der Waals surface area (Å²) in [5.41, 5.74) is 1.85. The fourth-order valence-electron chi connectivity index (χ4n) is 1.15. The number of rotatable bonds is 2. The van der Waals surface area contributed by atoms with Crippen LogP contribution in [0.3, 0.4) is 0 Å². The minimum atomic E-state index is -0.342. The molecule has 0 bridgehead atoms. The van der Waals surface area contributed by atoms with E-state index in [-0.39, 0.29) is 10.6 Å². The summed E-state index contributed by atoms with van der Waals surface area (Å²) in [6.45, 7) is 1.92. The third-order valence-corrected chi connectivity index (χ3v) is 1.93. The van der Waals surface area contributed by atoms with Gasteiger partial charge < -0.3 is 5.32 Å². The second kappa shape index (κ2) is 3.89. The predicted octanol–water partition coefficient (Wildman–Crippen LogP) is 1.60. The number of hydrogen-bond acceptors (Lipinski definition) is 3. The van der Waals surface area contributed by atoms with Crippen LogP contribution in [0.1, 0.15) is 13.3 Å². The van der Waals surface area contributed by atoms with Crippen LogP contribution in [-0.2, 0) is 0 Å². The van der Waals surface area contributed by atoms with Gasteiger partial charge in [0, 0.05) is 7.05 Å². The molecule has 1 N–H and O–H groups in total. The molecule has 1 rings (SSSR count). The predicted molar refractivity (Wildman–Crippen MR) is 50.6 cm³/mol. The Balaban J connectivity index is 3.05. The number of nitrogens with zero attached hydrogens (tertiary/aromatic N) is 1. The highest BCUT2D eigenvalue weighted by molar-refractivity contribution is 5.32. The van der Waals surface area contributed by atoms with Crippen LogP contribution in [-0.4, -0.2) is 12.0 Å². The first kappa shape index (κ1) is 9.51. The highest BCUT2D eigenvalue weighted by Crippen LogP contribution is 2.15. The first-order chi connectivity index (χ1) is 6.15. The van der Waals surface area contributed by atoms with E-state index in [4.69, 9.17) is 0 Å². The summed E-state index contributed by atoms with van der Waals surface area (Å²) in [4.78, 5) is 10.3. The van der Waals surface area contributed by atoms with Gasteiger partial charge in [-0.25, -0.2) is 0 Å². The van der Waals surface area contributed by atoms with E-state index in [0.29, 0.717) is 12.1 Å². The van der Waals surface area contributed by atoms with Crippen molar-refractivity contribution in [3.8, 4) is 0 Å². The molecule has 70 valence electrons. The van der Waals surface area contributed by atoms with Gasteiger partial charge in [0.25, 0.3) is 5.70 Å². The molecule has 0 heterocycles. The summed E-state index contributed by atoms with van der Waals surface area (Å²) in [7, 11) is 1.68. The molecule has 4 heteroatoms. The van der Waals surface area contributed by atoms with Crippen LogP contribution < -0.4 is 5.32 Å². The molecule has 4 nitrogen and oxygen atoms in total. The Labute approximate surface area is 76.8 Å². The molecular formula is C9H12N2O2. The summed E-state index contributed by atoms with van der Waals surface area (Å²) in [5, 5.41) is 13.4. The maximum absolute atomic E-state index is 10.6. The molecule has 13 heavy (non-hydrogen) atoms. The molecule has 0 aromatic heterocycles. The Morgan fingerprint density at radius 3 is 2.77 bits per heavy atom. The lowest BCUT2D eigenvalue weighted by Crippen LogP contribution is -2.11. The third-order valence-electron chi connectivity index (χ3n) is 1.93. The Bertz CT molecular complexity index is 314. The van der Waals surface area contributed by atoms with Crippen molar-refractivity contribution in [2.75, 3.05) is 7.05 Å². The van der Waals surface area contributed by atoms with Gasteiger partial charge in [0.05, 0.1) is 11.3 Å². The topological polar surface area (TPSA) is 55.2 Å². The minimum Gasteiger partial charge on any atom is -0.383 e. The molecule has 1 aliphatic carbocycles. The molecule has 0 radical (unpaired) electrons. The molecule has 0 saturated carbocycles. The zero-order chi connectivity index (χ0) is 9.84. The van der Waals surface area contributed by atoms with Gasteiger partial charge in [0.1, 0.15) is 5.70 Å².